The van der Waals surface area contributed by atoms with Gasteiger partial charge < -0.3 is 25.7 Å². The number of likely N-dealkylation sites (N-methyl/N-ethyl adjacent to an activating group) is 1. The molecule has 6 nitrogen and oxygen atoms in total. The van der Waals surface area contributed by atoms with Crippen LogP contribution >= 0.6 is 0 Å². The molecule has 1 aromatic rings. The molecular weight excluding hydrogens is 234 g/mol. The first-order valence-corrected chi connectivity index (χ1v) is 5.55. The molecule has 0 spiro atoms. The van der Waals surface area contributed by atoms with E-state index < -0.39 is 6.10 Å². The third-order valence-corrected chi connectivity index (χ3v) is 2.54. The maximum atomic E-state index is 9.69. The molecule has 1 unspecified atom stereocenters. The summed E-state index contributed by atoms with van der Waals surface area (Å²) in [7, 11) is 3.36. The maximum absolute atomic E-state index is 9.69. The van der Waals surface area contributed by atoms with Crippen molar-refractivity contribution in [1.82, 2.24) is 0 Å². The number of amidine groups is 1. The fourth-order valence-electron chi connectivity index (χ4n) is 1.74. The summed E-state index contributed by atoms with van der Waals surface area (Å²) in [5, 5.41) is 21.4. The normalized spacial score (nSPS) is 13.4. The average Bonchev–Trinajstić information content (AvgIpc) is 2.38. The molecule has 6 heteroatoms. The van der Waals surface area contributed by atoms with Gasteiger partial charge in [0.25, 0.3) is 0 Å². The van der Waals surface area contributed by atoms with E-state index in [2.05, 4.69) is 5.16 Å². The summed E-state index contributed by atoms with van der Waals surface area (Å²) in [5.74, 6) is 0.0404. The zero-order chi connectivity index (χ0) is 13.5. The zero-order valence-electron chi connectivity index (χ0n) is 10.6. The van der Waals surface area contributed by atoms with Gasteiger partial charge in [0.05, 0.1) is 12.7 Å². The Morgan fingerprint density at radius 1 is 1.50 bits per heavy atom. The van der Waals surface area contributed by atoms with Gasteiger partial charge in [-0.2, -0.15) is 0 Å². The third kappa shape index (κ3) is 3.61. The monoisotopic (exact) mass is 253 g/mol. The van der Waals surface area contributed by atoms with E-state index in [1.165, 1.54) is 7.11 Å². The highest BCUT2D eigenvalue weighted by Crippen LogP contribution is 2.19. The van der Waals surface area contributed by atoms with Gasteiger partial charge in [-0.3, -0.25) is 0 Å². The lowest BCUT2D eigenvalue weighted by atomic mass is 10.1. The highest BCUT2D eigenvalue weighted by Gasteiger charge is 2.13. The largest absolute Gasteiger partial charge is 0.409 e. The highest BCUT2D eigenvalue weighted by atomic mass is 16.5. The first kappa shape index (κ1) is 14.3. The summed E-state index contributed by atoms with van der Waals surface area (Å²) in [4.78, 5) is 1.83. The number of methoxy groups -OCH3 is 1. The van der Waals surface area contributed by atoms with Crippen LogP contribution in [0, 0.1) is 0 Å². The van der Waals surface area contributed by atoms with Crippen LogP contribution in [0.5, 0.6) is 0 Å². The van der Waals surface area contributed by atoms with E-state index in [0.717, 1.165) is 5.69 Å². The smallest absolute Gasteiger partial charge is 0.172 e. The molecule has 0 aliphatic heterocycles. The second-order valence-corrected chi connectivity index (χ2v) is 3.99. The Kier molecular flexibility index (Phi) is 5.41. The Labute approximate surface area is 106 Å². The van der Waals surface area contributed by atoms with Crippen LogP contribution in [0.25, 0.3) is 0 Å². The van der Waals surface area contributed by atoms with E-state index in [4.69, 9.17) is 15.7 Å². The molecule has 1 rings (SSSR count). The number of nitrogens with two attached hydrogens (primary N) is 1. The number of para-hydroxylation sites is 1. The first-order valence-electron chi connectivity index (χ1n) is 5.55. The maximum Gasteiger partial charge on any atom is 0.172 e. The van der Waals surface area contributed by atoms with Crippen molar-refractivity contribution in [2.45, 2.75) is 6.10 Å². The molecule has 0 heterocycles. The van der Waals surface area contributed by atoms with Crippen LogP contribution < -0.4 is 10.6 Å². The molecule has 0 aromatic heterocycles. The van der Waals surface area contributed by atoms with Crippen LogP contribution in [-0.4, -0.2) is 49.6 Å². The molecular formula is C12H19N3O3. The molecule has 4 N–H and O–H groups in total. The van der Waals surface area contributed by atoms with Gasteiger partial charge in [0.2, 0.25) is 0 Å². The Balaban J connectivity index is 2.88. The summed E-state index contributed by atoms with van der Waals surface area (Å²) >= 11 is 0. The van der Waals surface area contributed by atoms with Crippen LogP contribution in [-0.2, 0) is 4.74 Å². The van der Waals surface area contributed by atoms with E-state index in [1.54, 1.807) is 12.1 Å². The number of hydrogen-bond acceptors (Lipinski definition) is 5. The van der Waals surface area contributed by atoms with Gasteiger partial charge >= 0.3 is 0 Å². The lowest BCUT2D eigenvalue weighted by Gasteiger charge is -2.24. The van der Waals surface area contributed by atoms with Crippen molar-refractivity contribution >= 4 is 11.5 Å². The Bertz CT molecular complexity index is 409. The topological polar surface area (TPSA) is 91.3 Å². The summed E-state index contributed by atoms with van der Waals surface area (Å²) < 4.78 is 4.87. The molecule has 1 atom stereocenters. The van der Waals surface area contributed by atoms with Crippen molar-refractivity contribution in [3.05, 3.63) is 29.8 Å². The van der Waals surface area contributed by atoms with Crippen molar-refractivity contribution in [3.63, 3.8) is 0 Å². The Morgan fingerprint density at radius 3 is 2.78 bits per heavy atom. The van der Waals surface area contributed by atoms with E-state index in [0.29, 0.717) is 12.1 Å². The molecule has 0 bridgehead atoms. The predicted molar refractivity (Wildman–Crippen MR) is 70.1 cm³/mol. The number of nitrogens with zero attached hydrogens (tertiary/aromatic N) is 2. The van der Waals surface area contributed by atoms with Crippen molar-refractivity contribution < 1.29 is 15.1 Å². The first-order chi connectivity index (χ1) is 8.60. The van der Waals surface area contributed by atoms with Gasteiger partial charge in [-0.25, -0.2) is 0 Å². The fraction of sp³-hybridized carbons (Fsp3) is 0.417. The molecule has 0 amide bonds. The van der Waals surface area contributed by atoms with Crippen LogP contribution in [0.3, 0.4) is 0 Å². The van der Waals surface area contributed by atoms with E-state index in [-0.39, 0.29) is 12.4 Å². The molecule has 18 heavy (non-hydrogen) atoms. The lowest BCUT2D eigenvalue weighted by molar-refractivity contribution is 0.0695. The highest BCUT2D eigenvalue weighted by molar-refractivity contribution is 6.02. The quantitative estimate of drug-likeness (QED) is 0.292. The third-order valence-electron chi connectivity index (χ3n) is 2.54. The molecule has 0 saturated carbocycles. The zero-order valence-corrected chi connectivity index (χ0v) is 10.6. The molecule has 0 saturated heterocycles. The van der Waals surface area contributed by atoms with Crippen LogP contribution in [0.2, 0.25) is 0 Å². The summed E-state index contributed by atoms with van der Waals surface area (Å²) in [6.07, 6.45) is -0.597. The second kappa shape index (κ2) is 6.83. The van der Waals surface area contributed by atoms with Crippen LogP contribution in [0.1, 0.15) is 5.56 Å². The van der Waals surface area contributed by atoms with Crippen LogP contribution in [0.4, 0.5) is 5.69 Å². The van der Waals surface area contributed by atoms with Gasteiger partial charge in [0, 0.05) is 32.0 Å². The van der Waals surface area contributed by atoms with Gasteiger partial charge in [-0.05, 0) is 12.1 Å². The summed E-state index contributed by atoms with van der Waals surface area (Å²) in [6.45, 7) is 0.652. The van der Waals surface area contributed by atoms with E-state index in [9.17, 15) is 5.11 Å². The Morgan fingerprint density at radius 2 is 2.17 bits per heavy atom. The van der Waals surface area contributed by atoms with Gasteiger partial charge in [0.15, 0.2) is 5.84 Å². The number of ether oxygens (including phenoxy) is 1. The Hall–Kier alpha value is -1.79. The number of aliphatic hydroxyl groups excluding tert-OH is 1. The second-order valence-electron chi connectivity index (χ2n) is 3.99. The number of aliphatic hydroxyl groups is 1. The van der Waals surface area contributed by atoms with E-state index in [1.807, 2.05) is 24.1 Å². The van der Waals surface area contributed by atoms with Gasteiger partial charge in [-0.1, -0.05) is 17.3 Å². The minimum atomic E-state index is -0.597. The molecule has 0 radical (unpaired) electrons. The minimum absolute atomic E-state index is 0.0404. The van der Waals surface area contributed by atoms with Gasteiger partial charge in [-0.15, -0.1) is 0 Å². The van der Waals surface area contributed by atoms with Crippen molar-refractivity contribution in [1.29, 1.82) is 0 Å². The lowest BCUT2D eigenvalue weighted by Crippen LogP contribution is -2.33. The summed E-state index contributed by atoms with van der Waals surface area (Å²) in [6, 6.07) is 7.25. The van der Waals surface area contributed by atoms with Crippen molar-refractivity contribution in [2.75, 3.05) is 32.2 Å². The number of anilines is 1. The number of benzene rings is 1. The number of rotatable bonds is 6. The molecule has 0 fully saturated rings. The van der Waals surface area contributed by atoms with Crippen molar-refractivity contribution in [3.8, 4) is 0 Å². The average molecular weight is 253 g/mol. The molecule has 0 aliphatic carbocycles. The molecule has 0 aliphatic rings. The summed E-state index contributed by atoms with van der Waals surface area (Å²) in [5.41, 5.74) is 7.01. The number of oxime groups is 1. The predicted octanol–water partition coefficient (Wildman–Crippen LogP) is 0.225. The molecule has 100 valence electrons. The minimum Gasteiger partial charge on any atom is -0.409 e. The van der Waals surface area contributed by atoms with Gasteiger partial charge in [0.1, 0.15) is 0 Å². The fourth-order valence-corrected chi connectivity index (χ4v) is 1.74. The van der Waals surface area contributed by atoms with Crippen LogP contribution in [0.15, 0.2) is 29.4 Å². The molecule has 1 aromatic carbocycles. The SMILES string of the molecule is COCC(O)CN(C)c1ccccc1C(N)=NO. The standard InChI is InChI=1S/C12H19N3O3/c1-15(7-9(16)8-18-2)11-6-4-3-5-10(11)12(13)14-17/h3-6,9,16-17H,7-8H2,1-2H3,(H2,13,14). The number of hydrogen-bond donors (Lipinski definition) is 3. The van der Waals surface area contributed by atoms with E-state index >= 15 is 0 Å². The van der Waals surface area contributed by atoms with Crippen molar-refractivity contribution in [2.24, 2.45) is 10.9 Å².